The van der Waals surface area contributed by atoms with Gasteiger partial charge in [0.2, 0.25) is 0 Å². The van der Waals surface area contributed by atoms with Crippen molar-refractivity contribution in [2.75, 3.05) is 31.9 Å². The summed E-state index contributed by atoms with van der Waals surface area (Å²) in [6.45, 7) is 9.84. The van der Waals surface area contributed by atoms with Gasteiger partial charge in [-0.3, -0.25) is 9.80 Å². The molecule has 0 radical (unpaired) electrons. The Kier molecular flexibility index (Phi) is 4.31. The molecule has 0 aromatic carbocycles. The number of hydrogen-bond donors (Lipinski definition) is 1. The van der Waals surface area contributed by atoms with E-state index in [1.54, 1.807) is 0 Å². The Hall–Kier alpha value is -0.720. The fraction of sp³-hybridized carbons (Fsp3) is 0.818. The fourth-order valence-electron chi connectivity index (χ4n) is 2.53. The van der Waals surface area contributed by atoms with Crippen LogP contribution >= 0.6 is 11.5 Å². The Bertz CT molecular complexity index is 349. The molecule has 1 aromatic heterocycles. The maximum atomic E-state index is 5.82. The van der Waals surface area contributed by atoms with Gasteiger partial charge in [0, 0.05) is 37.2 Å². The molecule has 96 valence electrons. The molecular formula is C11H21N5S. The van der Waals surface area contributed by atoms with Crippen LogP contribution in [0.2, 0.25) is 0 Å². The van der Waals surface area contributed by atoms with Crippen molar-refractivity contribution in [1.82, 2.24) is 19.4 Å². The smallest absolute Gasteiger partial charge is 0.132 e. The van der Waals surface area contributed by atoms with Crippen LogP contribution in [0.4, 0.5) is 5.00 Å². The van der Waals surface area contributed by atoms with Crippen LogP contribution in [-0.4, -0.2) is 51.6 Å². The average molecular weight is 255 g/mol. The van der Waals surface area contributed by atoms with E-state index in [9.17, 15) is 0 Å². The van der Waals surface area contributed by atoms with Crippen LogP contribution in [0.15, 0.2) is 0 Å². The number of nitrogens with zero attached hydrogens (tertiary/aromatic N) is 4. The van der Waals surface area contributed by atoms with Crippen molar-refractivity contribution < 1.29 is 0 Å². The van der Waals surface area contributed by atoms with Gasteiger partial charge in [0.05, 0.1) is 0 Å². The number of likely N-dealkylation sites (tertiary alicyclic amines) is 1. The lowest BCUT2D eigenvalue weighted by Crippen LogP contribution is -2.37. The molecule has 1 unspecified atom stereocenters. The Balaban J connectivity index is 1.88. The van der Waals surface area contributed by atoms with Crippen LogP contribution in [0.1, 0.15) is 26.0 Å². The molecular weight excluding hydrogens is 234 g/mol. The van der Waals surface area contributed by atoms with Gasteiger partial charge < -0.3 is 5.73 Å². The molecule has 0 bridgehead atoms. The van der Waals surface area contributed by atoms with Crippen LogP contribution in [0.5, 0.6) is 0 Å². The Morgan fingerprint density at radius 1 is 1.47 bits per heavy atom. The van der Waals surface area contributed by atoms with E-state index in [0.717, 1.165) is 43.4 Å². The van der Waals surface area contributed by atoms with Crippen molar-refractivity contribution in [2.24, 2.45) is 0 Å². The van der Waals surface area contributed by atoms with E-state index in [0.29, 0.717) is 6.04 Å². The molecule has 1 aromatic rings. The zero-order valence-electron chi connectivity index (χ0n) is 10.6. The van der Waals surface area contributed by atoms with Crippen LogP contribution in [0.3, 0.4) is 0 Å². The molecule has 0 amide bonds. The van der Waals surface area contributed by atoms with Crippen LogP contribution in [0, 0.1) is 0 Å². The number of aromatic nitrogens is 2. The van der Waals surface area contributed by atoms with E-state index in [2.05, 4.69) is 33.2 Å². The summed E-state index contributed by atoms with van der Waals surface area (Å²) in [7, 11) is 0. The normalized spacial score (nSPS) is 21.5. The first-order chi connectivity index (χ1) is 8.24. The minimum atomic E-state index is 0.692. The zero-order chi connectivity index (χ0) is 12.3. The first kappa shape index (κ1) is 12.7. The lowest BCUT2D eigenvalue weighted by atomic mass is 10.2. The summed E-state index contributed by atoms with van der Waals surface area (Å²) in [5.74, 6) is 0. The Labute approximate surface area is 107 Å². The first-order valence-corrected chi connectivity index (χ1v) is 7.05. The van der Waals surface area contributed by atoms with Crippen molar-refractivity contribution in [2.45, 2.75) is 32.9 Å². The third-order valence-electron chi connectivity index (χ3n) is 3.53. The highest BCUT2D eigenvalue weighted by atomic mass is 32.1. The molecule has 1 aliphatic heterocycles. The van der Waals surface area contributed by atoms with Crippen LogP contribution < -0.4 is 5.73 Å². The van der Waals surface area contributed by atoms with Gasteiger partial charge in [-0.1, -0.05) is 18.3 Å². The number of likely N-dealkylation sites (N-methyl/N-ethyl adjacent to an activating group) is 1. The van der Waals surface area contributed by atoms with Gasteiger partial charge in [0.1, 0.15) is 10.7 Å². The topological polar surface area (TPSA) is 58.3 Å². The third-order valence-corrected chi connectivity index (χ3v) is 4.13. The second kappa shape index (κ2) is 5.75. The second-order valence-electron chi connectivity index (χ2n) is 4.48. The fourth-order valence-corrected chi connectivity index (χ4v) is 2.97. The van der Waals surface area contributed by atoms with Crippen molar-refractivity contribution >= 4 is 16.5 Å². The lowest BCUT2D eigenvalue weighted by molar-refractivity contribution is 0.208. The van der Waals surface area contributed by atoms with E-state index in [1.165, 1.54) is 18.0 Å². The van der Waals surface area contributed by atoms with Crippen molar-refractivity contribution in [3.63, 3.8) is 0 Å². The Morgan fingerprint density at radius 3 is 2.82 bits per heavy atom. The predicted octanol–water partition coefficient (Wildman–Crippen LogP) is 1.04. The molecule has 0 spiro atoms. The zero-order valence-corrected chi connectivity index (χ0v) is 11.4. The molecule has 6 heteroatoms. The summed E-state index contributed by atoms with van der Waals surface area (Å²) in [4.78, 5) is 4.96. The maximum absolute atomic E-state index is 5.82. The molecule has 17 heavy (non-hydrogen) atoms. The van der Waals surface area contributed by atoms with Crippen LogP contribution in [0.25, 0.3) is 0 Å². The Morgan fingerprint density at radius 2 is 2.24 bits per heavy atom. The van der Waals surface area contributed by atoms with Gasteiger partial charge in [0.15, 0.2) is 0 Å². The average Bonchev–Trinajstić information content (AvgIpc) is 2.92. The largest absolute Gasteiger partial charge is 0.388 e. The lowest BCUT2D eigenvalue weighted by Gasteiger charge is -2.26. The summed E-state index contributed by atoms with van der Waals surface area (Å²) in [6.07, 6.45) is 1.25. The summed E-state index contributed by atoms with van der Waals surface area (Å²) in [5, 5.41) is 4.84. The minimum Gasteiger partial charge on any atom is -0.388 e. The molecule has 2 rings (SSSR count). The number of rotatable bonds is 5. The quantitative estimate of drug-likeness (QED) is 0.852. The standard InChI is InChI=1S/C11H21N5S/c1-3-16(4-2)9-5-6-15(7-9)8-10-11(12)17-14-13-10/h9H,3-8,12H2,1-2H3. The van der Waals surface area contributed by atoms with Gasteiger partial charge in [-0.15, -0.1) is 5.10 Å². The highest BCUT2D eigenvalue weighted by molar-refractivity contribution is 7.09. The molecule has 1 fully saturated rings. The molecule has 2 N–H and O–H groups in total. The van der Waals surface area contributed by atoms with Gasteiger partial charge >= 0.3 is 0 Å². The summed E-state index contributed by atoms with van der Waals surface area (Å²) >= 11 is 1.28. The van der Waals surface area contributed by atoms with E-state index in [1.807, 2.05) is 0 Å². The predicted molar refractivity (Wildman–Crippen MR) is 70.9 cm³/mol. The molecule has 0 aliphatic carbocycles. The monoisotopic (exact) mass is 255 g/mol. The van der Waals surface area contributed by atoms with Crippen molar-refractivity contribution in [1.29, 1.82) is 0 Å². The van der Waals surface area contributed by atoms with Crippen molar-refractivity contribution in [3.05, 3.63) is 5.69 Å². The maximum Gasteiger partial charge on any atom is 0.132 e. The van der Waals surface area contributed by atoms with E-state index >= 15 is 0 Å². The third kappa shape index (κ3) is 2.94. The van der Waals surface area contributed by atoms with Gasteiger partial charge in [-0.25, -0.2) is 0 Å². The molecule has 2 heterocycles. The van der Waals surface area contributed by atoms with Gasteiger partial charge in [-0.05, 0) is 19.5 Å². The molecule has 1 saturated heterocycles. The summed E-state index contributed by atoms with van der Waals surface area (Å²) in [6, 6.07) is 0.692. The second-order valence-corrected chi connectivity index (χ2v) is 5.27. The summed E-state index contributed by atoms with van der Waals surface area (Å²) in [5.41, 5.74) is 6.76. The SMILES string of the molecule is CCN(CC)C1CCN(Cc2nnsc2N)C1. The number of nitrogen functional groups attached to an aromatic ring is 1. The van der Waals surface area contributed by atoms with E-state index in [4.69, 9.17) is 5.73 Å². The summed E-state index contributed by atoms with van der Waals surface area (Å²) < 4.78 is 3.88. The van der Waals surface area contributed by atoms with E-state index in [-0.39, 0.29) is 0 Å². The molecule has 1 atom stereocenters. The van der Waals surface area contributed by atoms with Gasteiger partial charge in [-0.2, -0.15) is 0 Å². The molecule has 1 aliphatic rings. The minimum absolute atomic E-state index is 0.692. The number of anilines is 1. The first-order valence-electron chi connectivity index (χ1n) is 6.27. The highest BCUT2D eigenvalue weighted by Crippen LogP contribution is 2.20. The molecule has 0 saturated carbocycles. The molecule has 5 nitrogen and oxygen atoms in total. The highest BCUT2D eigenvalue weighted by Gasteiger charge is 2.26. The number of hydrogen-bond acceptors (Lipinski definition) is 6. The van der Waals surface area contributed by atoms with Crippen LogP contribution in [-0.2, 0) is 6.54 Å². The number of nitrogens with two attached hydrogens (primary N) is 1. The van der Waals surface area contributed by atoms with E-state index < -0.39 is 0 Å². The van der Waals surface area contributed by atoms with Gasteiger partial charge in [0.25, 0.3) is 0 Å². The van der Waals surface area contributed by atoms with Crippen molar-refractivity contribution in [3.8, 4) is 0 Å².